The van der Waals surface area contributed by atoms with Crippen LogP contribution in [-0.2, 0) is 34.0 Å². The third-order valence-electron chi connectivity index (χ3n) is 6.11. The SMILES string of the molecule is O=C(NCc1ccc(F)cc1)C1=C[C@@H](c2ccc3c(c2)OCO3)C[C@@H](OCc2ccc(CO)cc2)O1. The number of hydrogen-bond acceptors (Lipinski definition) is 6. The van der Waals surface area contributed by atoms with Gasteiger partial charge in [-0.05, 0) is 52.6 Å². The molecule has 3 aromatic rings. The van der Waals surface area contributed by atoms with E-state index < -0.39 is 6.29 Å². The summed E-state index contributed by atoms with van der Waals surface area (Å²) in [5.41, 5.74) is 3.46. The fraction of sp³-hybridized carbons (Fsp3) is 0.250. The maximum atomic E-state index is 13.2. The van der Waals surface area contributed by atoms with Gasteiger partial charge in [-0.1, -0.05) is 42.5 Å². The molecule has 0 unspecified atom stereocenters. The van der Waals surface area contributed by atoms with Crippen molar-refractivity contribution < 1.29 is 33.2 Å². The number of ether oxygens (including phenoxy) is 4. The number of halogens is 1. The Morgan fingerprint density at radius 2 is 1.69 bits per heavy atom. The van der Waals surface area contributed by atoms with Gasteiger partial charge in [-0.15, -0.1) is 0 Å². The molecule has 0 radical (unpaired) electrons. The van der Waals surface area contributed by atoms with Crippen LogP contribution in [0.25, 0.3) is 0 Å². The Hall–Kier alpha value is -3.88. The van der Waals surface area contributed by atoms with Gasteiger partial charge in [0, 0.05) is 18.9 Å². The molecular weight excluding hydrogens is 465 g/mol. The highest BCUT2D eigenvalue weighted by Crippen LogP contribution is 2.38. The van der Waals surface area contributed by atoms with Gasteiger partial charge >= 0.3 is 0 Å². The standard InChI is InChI=1S/C28H26FNO6/c29-23-8-5-18(6-9-23)14-30-28(32)26-12-22(21-7-10-24-25(11-21)35-17-34-24)13-27(36-26)33-16-20-3-1-19(15-31)2-4-20/h1-12,22,27,31H,13-17H2,(H,30,32)/t22-,27+/m1/s1. The zero-order valence-electron chi connectivity index (χ0n) is 19.5. The summed E-state index contributed by atoms with van der Waals surface area (Å²) < 4.78 is 36.1. The molecule has 0 aromatic heterocycles. The molecule has 2 heterocycles. The van der Waals surface area contributed by atoms with E-state index in [0.717, 1.165) is 22.3 Å². The highest BCUT2D eigenvalue weighted by molar-refractivity contribution is 5.91. The number of allylic oxidation sites excluding steroid dienone is 1. The molecule has 186 valence electrons. The van der Waals surface area contributed by atoms with Gasteiger partial charge in [0.25, 0.3) is 5.91 Å². The molecule has 8 heteroatoms. The molecule has 0 saturated carbocycles. The Bertz CT molecular complexity index is 1240. The minimum absolute atomic E-state index is 0.0225. The summed E-state index contributed by atoms with van der Waals surface area (Å²) >= 11 is 0. The van der Waals surface area contributed by atoms with E-state index in [0.29, 0.717) is 17.9 Å². The number of carbonyl (C=O) groups excluding carboxylic acids is 1. The van der Waals surface area contributed by atoms with Crippen molar-refractivity contribution in [2.24, 2.45) is 0 Å². The van der Waals surface area contributed by atoms with E-state index in [2.05, 4.69) is 5.32 Å². The number of aliphatic hydroxyl groups is 1. The zero-order chi connectivity index (χ0) is 24.9. The van der Waals surface area contributed by atoms with E-state index in [1.165, 1.54) is 12.1 Å². The maximum Gasteiger partial charge on any atom is 0.286 e. The van der Waals surface area contributed by atoms with Crippen LogP contribution in [0.5, 0.6) is 11.5 Å². The number of aliphatic hydroxyl groups excluding tert-OH is 1. The Labute approximate surface area is 208 Å². The molecule has 0 fully saturated rings. The first-order valence-corrected chi connectivity index (χ1v) is 11.7. The molecule has 0 bridgehead atoms. The monoisotopic (exact) mass is 491 g/mol. The van der Waals surface area contributed by atoms with E-state index in [4.69, 9.17) is 18.9 Å². The van der Waals surface area contributed by atoms with Crippen LogP contribution in [0.2, 0.25) is 0 Å². The number of benzene rings is 3. The first-order chi connectivity index (χ1) is 17.6. The van der Waals surface area contributed by atoms with Crippen LogP contribution in [0.15, 0.2) is 78.6 Å². The third kappa shape index (κ3) is 5.67. The number of rotatable bonds is 8. The summed E-state index contributed by atoms with van der Waals surface area (Å²) in [7, 11) is 0. The van der Waals surface area contributed by atoms with Crippen LogP contribution >= 0.6 is 0 Å². The third-order valence-corrected chi connectivity index (χ3v) is 6.11. The van der Waals surface area contributed by atoms with Crippen molar-refractivity contribution in [2.75, 3.05) is 6.79 Å². The largest absolute Gasteiger partial charge is 0.459 e. The first kappa shape index (κ1) is 23.8. The van der Waals surface area contributed by atoms with Gasteiger partial charge < -0.3 is 29.4 Å². The number of hydrogen-bond donors (Lipinski definition) is 2. The lowest BCUT2D eigenvalue weighted by Crippen LogP contribution is -2.32. The predicted molar refractivity (Wildman–Crippen MR) is 128 cm³/mol. The smallest absolute Gasteiger partial charge is 0.286 e. The second-order valence-electron chi connectivity index (χ2n) is 8.63. The summed E-state index contributed by atoms with van der Waals surface area (Å²) in [6.45, 7) is 0.678. The Balaban J connectivity index is 1.31. The molecule has 5 rings (SSSR count). The molecule has 2 aliphatic heterocycles. The number of fused-ring (bicyclic) bond motifs is 1. The molecule has 0 spiro atoms. The van der Waals surface area contributed by atoms with Gasteiger partial charge in [-0.2, -0.15) is 0 Å². The van der Waals surface area contributed by atoms with Crippen molar-refractivity contribution in [3.05, 3.63) is 107 Å². The molecule has 1 amide bonds. The van der Waals surface area contributed by atoms with Crippen molar-refractivity contribution in [1.29, 1.82) is 0 Å². The lowest BCUT2D eigenvalue weighted by molar-refractivity contribution is -0.150. The second-order valence-corrected chi connectivity index (χ2v) is 8.63. The Morgan fingerprint density at radius 3 is 2.47 bits per heavy atom. The second kappa shape index (κ2) is 10.8. The first-order valence-electron chi connectivity index (χ1n) is 11.7. The highest BCUT2D eigenvalue weighted by Gasteiger charge is 2.30. The molecule has 7 nitrogen and oxygen atoms in total. The molecule has 3 aromatic carbocycles. The van der Waals surface area contributed by atoms with Crippen molar-refractivity contribution in [2.45, 2.75) is 38.4 Å². The fourth-order valence-electron chi connectivity index (χ4n) is 4.10. The van der Waals surface area contributed by atoms with E-state index in [9.17, 15) is 14.3 Å². The van der Waals surface area contributed by atoms with Crippen LogP contribution in [-0.4, -0.2) is 24.1 Å². The molecule has 2 N–H and O–H groups in total. The van der Waals surface area contributed by atoms with Gasteiger partial charge in [0.05, 0.1) is 13.2 Å². The van der Waals surface area contributed by atoms with Crippen LogP contribution in [0.4, 0.5) is 4.39 Å². The van der Waals surface area contributed by atoms with Crippen molar-refractivity contribution >= 4 is 5.91 Å². The van der Waals surface area contributed by atoms with Crippen LogP contribution in [0.1, 0.15) is 34.6 Å². The van der Waals surface area contributed by atoms with E-state index in [1.54, 1.807) is 18.2 Å². The van der Waals surface area contributed by atoms with Gasteiger partial charge in [0.2, 0.25) is 13.1 Å². The van der Waals surface area contributed by atoms with Gasteiger partial charge in [-0.3, -0.25) is 4.79 Å². The maximum absolute atomic E-state index is 13.2. The molecule has 0 aliphatic carbocycles. The summed E-state index contributed by atoms with van der Waals surface area (Å²) in [6, 6.07) is 19.1. The molecule has 2 aliphatic rings. The fourth-order valence-corrected chi connectivity index (χ4v) is 4.10. The Kier molecular flexibility index (Phi) is 7.16. The summed E-state index contributed by atoms with van der Waals surface area (Å²) in [4.78, 5) is 13.0. The number of carbonyl (C=O) groups is 1. The van der Waals surface area contributed by atoms with Crippen molar-refractivity contribution in [1.82, 2.24) is 5.32 Å². The van der Waals surface area contributed by atoms with Gasteiger partial charge in [-0.25, -0.2) is 4.39 Å². The lowest BCUT2D eigenvalue weighted by atomic mass is 9.92. The summed E-state index contributed by atoms with van der Waals surface area (Å²) in [5.74, 6) is 0.641. The summed E-state index contributed by atoms with van der Waals surface area (Å²) in [5, 5.41) is 12.1. The van der Waals surface area contributed by atoms with Crippen LogP contribution < -0.4 is 14.8 Å². The van der Waals surface area contributed by atoms with Crippen LogP contribution in [0.3, 0.4) is 0 Å². The minimum atomic E-state index is -0.658. The van der Waals surface area contributed by atoms with Crippen molar-refractivity contribution in [3.8, 4) is 11.5 Å². The average Bonchev–Trinajstić information content (AvgIpc) is 3.39. The van der Waals surface area contributed by atoms with E-state index >= 15 is 0 Å². The van der Waals surface area contributed by atoms with Gasteiger partial charge in [0.15, 0.2) is 17.3 Å². The zero-order valence-corrected chi connectivity index (χ0v) is 19.5. The Morgan fingerprint density at radius 1 is 0.972 bits per heavy atom. The predicted octanol–water partition coefficient (Wildman–Crippen LogP) is 4.29. The number of nitrogens with one attached hydrogen (secondary N) is 1. The summed E-state index contributed by atoms with van der Waals surface area (Å²) in [6.07, 6.45) is 1.63. The van der Waals surface area contributed by atoms with Crippen LogP contribution in [0, 0.1) is 5.82 Å². The normalized spacial score (nSPS) is 18.3. The molecule has 2 atom stereocenters. The average molecular weight is 492 g/mol. The molecular formula is C28H26FNO6. The quantitative estimate of drug-likeness (QED) is 0.489. The lowest BCUT2D eigenvalue weighted by Gasteiger charge is -2.29. The van der Waals surface area contributed by atoms with Crippen molar-refractivity contribution in [3.63, 3.8) is 0 Å². The molecule has 36 heavy (non-hydrogen) atoms. The van der Waals surface area contributed by atoms with E-state index in [-0.39, 0.29) is 50.0 Å². The highest BCUT2D eigenvalue weighted by atomic mass is 19.1. The van der Waals surface area contributed by atoms with E-state index in [1.807, 2.05) is 42.5 Å². The topological polar surface area (TPSA) is 86.3 Å². The van der Waals surface area contributed by atoms with Gasteiger partial charge in [0.1, 0.15) is 5.82 Å². The molecule has 0 saturated heterocycles. The number of amides is 1. The minimum Gasteiger partial charge on any atom is -0.459 e.